The molecule has 90 valence electrons. The number of ether oxygens (including phenoxy) is 1. The van der Waals surface area contributed by atoms with Crippen molar-refractivity contribution < 1.29 is 13.5 Å². The van der Waals surface area contributed by atoms with Crippen molar-refractivity contribution >= 4 is 0 Å². The zero-order chi connectivity index (χ0) is 12.3. The first kappa shape index (κ1) is 11.6. The molecule has 0 aliphatic rings. The predicted molar refractivity (Wildman–Crippen MR) is 61.2 cm³/mol. The number of aromatic nitrogens is 1. The van der Waals surface area contributed by atoms with Gasteiger partial charge in [-0.1, -0.05) is 0 Å². The zero-order valence-corrected chi connectivity index (χ0v) is 9.44. The zero-order valence-electron chi connectivity index (χ0n) is 9.44. The summed E-state index contributed by atoms with van der Waals surface area (Å²) in [6, 6.07) is 4.27. The average molecular weight is 236 g/mol. The molecule has 0 saturated carbocycles. The van der Waals surface area contributed by atoms with Gasteiger partial charge in [0.1, 0.15) is 23.0 Å². The highest BCUT2D eigenvalue weighted by Gasteiger charge is 2.15. The number of oxazole rings is 1. The van der Waals surface area contributed by atoms with Crippen molar-refractivity contribution in [2.45, 2.75) is 6.42 Å². The van der Waals surface area contributed by atoms with Gasteiger partial charge in [-0.3, -0.25) is 0 Å². The topological polar surface area (TPSA) is 61.3 Å². The van der Waals surface area contributed by atoms with Crippen molar-refractivity contribution in [2.75, 3.05) is 13.7 Å². The summed E-state index contributed by atoms with van der Waals surface area (Å²) in [4.78, 5) is 4.09. The number of benzene rings is 1. The molecule has 0 atom stereocenters. The third-order valence-electron chi connectivity index (χ3n) is 2.43. The van der Waals surface area contributed by atoms with Gasteiger partial charge in [0.25, 0.3) is 0 Å². The summed E-state index contributed by atoms with van der Waals surface area (Å²) in [7, 11) is 1.53. The normalized spacial score (nSPS) is 10.5. The summed E-state index contributed by atoms with van der Waals surface area (Å²) in [6.07, 6.45) is 1.87. The molecule has 1 heterocycles. The van der Waals surface area contributed by atoms with E-state index in [0.29, 0.717) is 35.7 Å². The van der Waals surface area contributed by atoms with Gasteiger partial charge in [0.05, 0.1) is 7.11 Å². The van der Waals surface area contributed by atoms with E-state index in [-0.39, 0.29) is 5.82 Å². The molecule has 0 unspecified atom stereocenters. The van der Waals surface area contributed by atoms with Crippen molar-refractivity contribution in [3.8, 4) is 17.0 Å². The van der Waals surface area contributed by atoms with E-state index in [1.807, 2.05) is 0 Å². The van der Waals surface area contributed by atoms with E-state index in [0.717, 1.165) is 0 Å². The van der Waals surface area contributed by atoms with E-state index in [1.54, 1.807) is 6.07 Å². The maximum absolute atomic E-state index is 13.3. The molecular weight excluding hydrogens is 223 g/mol. The Kier molecular flexibility index (Phi) is 3.39. The van der Waals surface area contributed by atoms with E-state index >= 15 is 0 Å². The largest absolute Gasteiger partial charge is 0.496 e. The van der Waals surface area contributed by atoms with Crippen LogP contribution in [0.2, 0.25) is 0 Å². The van der Waals surface area contributed by atoms with Gasteiger partial charge in [0.15, 0.2) is 6.39 Å². The van der Waals surface area contributed by atoms with Gasteiger partial charge >= 0.3 is 0 Å². The molecule has 0 aliphatic carbocycles. The molecular formula is C12H13FN2O2. The molecule has 0 aliphatic heterocycles. The van der Waals surface area contributed by atoms with Crippen molar-refractivity contribution in [3.05, 3.63) is 36.2 Å². The highest BCUT2D eigenvalue weighted by atomic mass is 19.1. The maximum Gasteiger partial charge on any atom is 0.181 e. The number of hydrogen-bond donors (Lipinski definition) is 1. The summed E-state index contributed by atoms with van der Waals surface area (Å²) in [5.41, 5.74) is 6.62. The second-order valence-electron chi connectivity index (χ2n) is 3.51. The molecule has 1 aromatic heterocycles. The third-order valence-corrected chi connectivity index (χ3v) is 2.43. The van der Waals surface area contributed by atoms with Crippen LogP contribution in [0.15, 0.2) is 29.0 Å². The molecule has 4 nitrogen and oxygen atoms in total. The minimum absolute atomic E-state index is 0.345. The van der Waals surface area contributed by atoms with Crippen LogP contribution in [0, 0.1) is 5.82 Å². The predicted octanol–water partition coefficient (Wildman–Crippen LogP) is 1.99. The molecule has 0 bridgehead atoms. The second kappa shape index (κ2) is 4.97. The van der Waals surface area contributed by atoms with Crippen LogP contribution < -0.4 is 10.5 Å². The highest BCUT2D eigenvalue weighted by molar-refractivity contribution is 5.68. The van der Waals surface area contributed by atoms with Crippen molar-refractivity contribution in [3.63, 3.8) is 0 Å². The van der Waals surface area contributed by atoms with Gasteiger partial charge in [-0.15, -0.1) is 0 Å². The van der Waals surface area contributed by atoms with Gasteiger partial charge in [-0.2, -0.15) is 0 Å². The summed E-state index contributed by atoms with van der Waals surface area (Å²) in [5, 5.41) is 0. The lowest BCUT2D eigenvalue weighted by atomic mass is 10.1. The maximum atomic E-state index is 13.3. The van der Waals surface area contributed by atoms with Crippen LogP contribution in [0.5, 0.6) is 5.75 Å². The molecule has 0 saturated heterocycles. The fourth-order valence-electron chi connectivity index (χ4n) is 1.66. The molecule has 0 spiro atoms. The molecule has 5 heteroatoms. The number of rotatable bonds is 4. The Morgan fingerprint density at radius 2 is 2.29 bits per heavy atom. The van der Waals surface area contributed by atoms with Crippen LogP contribution in [-0.2, 0) is 6.42 Å². The lowest BCUT2D eigenvalue weighted by Gasteiger charge is -2.07. The van der Waals surface area contributed by atoms with Gasteiger partial charge in [-0.05, 0) is 24.7 Å². The minimum atomic E-state index is -0.345. The van der Waals surface area contributed by atoms with Gasteiger partial charge in [-0.25, -0.2) is 9.37 Å². The molecule has 0 amide bonds. The third kappa shape index (κ3) is 2.29. The lowest BCUT2D eigenvalue weighted by Crippen LogP contribution is -2.03. The highest BCUT2D eigenvalue weighted by Crippen LogP contribution is 2.31. The average Bonchev–Trinajstić information content (AvgIpc) is 2.77. The fraction of sp³-hybridized carbons (Fsp3) is 0.250. The fourth-order valence-corrected chi connectivity index (χ4v) is 1.66. The number of nitrogens with zero attached hydrogens (tertiary/aromatic N) is 1. The van der Waals surface area contributed by atoms with Crippen LogP contribution in [0.4, 0.5) is 4.39 Å². The van der Waals surface area contributed by atoms with Gasteiger partial charge in [0, 0.05) is 12.0 Å². The van der Waals surface area contributed by atoms with E-state index in [2.05, 4.69) is 4.98 Å². The first-order chi connectivity index (χ1) is 8.26. The van der Waals surface area contributed by atoms with Gasteiger partial charge < -0.3 is 14.9 Å². The standard InChI is InChI=1S/C12H13FN2O2/c1-16-10-3-2-8(13)6-9(10)12-11(4-5-14)17-7-15-12/h2-3,6-7H,4-5,14H2,1H3. The molecule has 1 aromatic carbocycles. The Hall–Kier alpha value is -1.88. The molecule has 17 heavy (non-hydrogen) atoms. The monoisotopic (exact) mass is 236 g/mol. The molecule has 0 fully saturated rings. The molecule has 2 N–H and O–H groups in total. The van der Waals surface area contributed by atoms with E-state index in [1.165, 1.54) is 25.6 Å². The summed E-state index contributed by atoms with van der Waals surface area (Å²) in [5.74, 6) is 0.845. The van der Waals surface area contributed by atoms with Crippen molar-refractivity contribution in [2.24, 2.45) is 5.73 Å². The summed E-state index contributed by atoms with van der Waals surface area (Å²) in [6.45, 7) is 0.444. The quantitative estimate of drug-likeness (QED) is 0.881. The number of halogens is 1. The van der Waals surface area contributed by atoms with Crippen LogP contribution in [0.1, 0.15) is 5.76 Å². The van der Waals surface area contributed by atoms with E-state index < -0.39 is 0 Å². The Bertz CT molecular complexity index is 511. The summed E-state index contributed by atoms with van der Waals surface area (Å²) < 4.78 is 23.7. The SMILES string of the molecule is COc1ccc(F)cc1-c1ncoc1CCN. The Balaban J connectivity index is 2.51. The number of nitrogens with two attached hydrogens (primary N) is 1. The first-order valence-corrected chi connectivity index (χ1v) is 5.22. The molecule has 0 radical (unpaired) electrons. The Morgan fingerprint density at radius 1 is 1.47 bits per heavy atom. The Morgan fingerprint density at radius 3 is 3.00 bits per heavy atom. The second-order valence-corrected chi connectivity index (χ2v) is 3.51. The molecule has 2 rings (SSSR count). The van der Waals surface area contributed by atoms with Crippen LogP contribution in [0.25, 0.3) is 11.3 Å². The summed E-state index contributed by atoms with van der Waals surface area (Å²) >= 11 is 0. The molecule has 2 aromatic rings. The van der Waals surface area contributed by atoms with Crippen molar-refractivity contribution in [1.29, 1.82) is 0 Å². The number of hydrogen-bond acceptors (Lipinski definition) is 4. The lowest BCUT2D eigenvalue weighted by molar-refractivity contribution is 0.415. The first-order valence-electron chi connectivity index (χ1n) is 5.22. The van der Waals surface area contributed by atoms with E-state index in [9.17, 15) is 4.39 Å². The van der Waals surface area contributed by atoms with E-state index in [4.69, 9.17) is 14.9 Å². The van der Waals surface area contributed by atoms with Crippen molar-refractivity contribution in [1.82, 2.24) is 4.98 Å². The van der Waals surface area contributed by atoms with Gasteiger partial charge in [0.2, 0.25) is 0 Å². The van der Waals surface area contributed by atoms with Crippen LogP contribution >= 0.6 is 0 Å². The smallest absolute Gasteiger partial charge is 0.181 e. The number of methoxy groups -OCH3 is 1. The Labute approximate surface area is 98.2 Å². The minimum Gasteiger partial charge on any atom is -0.496 e. The van der Waals surface area contributed by atoms with Crippen LogP contribution in [-0.4, -0.2) is 18.6 Å². The van der Waals surface area contributed by atoms with Crippen LogP contribution in [0.3, 0.4) is 0 Å².